The molecular formula is C12H16N4. The van der Waals surface area contributed by atoms with E-state index in [1.165, 1.54) is 0 Å². The maximum Gasteiger partial charge on any atom is 0.131 e. The van der Waals surface area contributed by atoms with Crippen LogP contribution < -0.4 is 5.73 Å². The molecule has 0 fully saturated rings. The summed E-state index contributed by atoms with van der Waals surface area (Å²) in [6, 6.07) is 3.97. The summed E-state index contributed by atoms with van der Waals surface area (Å²) in [5.74, 6) is 1.65. The van der Waals surface area contributed by atoms with Crippen molar-refractivity contribution in [1.82, 2.24) is 14.5 Å². The van der Waals surface area contributed by atoms with E-state index >= 15 is 0 Å². The van der Waals surface area contributed by atoms with Crippen LogP contribution in [0.2, 0.25) is 0 Å². The second-order valence-corrected chi connectivity index (χ2v) is 3.83. The molecule has 0 radical (unpaired) electrons. The third kappa shape index (κ3) is 1.66. The Labute approximate surface area is 95.1 Å². The molecule has 0 saturated carbocycles. The summed E-state index contributed by atoms with van der Waals surface area (Å²) < 4.78 is 2.00. The van der Waals surface area contributed by atoms with Gasteiger partial charge in [-0.3, -0.25) is 4.98 Å². The minimum absolute atomic E-state index is 0.714. The Bertz CT molecular complexity index is 496. The topological polar surface area (TPSA) is 56.7 Å². The molecule has 0 amide bonds. The zero-order valence-corrected chi connectivity index (χ0v) is 9.86. The summed E-state index contributed by atoms with van der Waals surface area (Å²) in [6.07, 6.45) is 1.81. The highest BCUT2D eigenvalue weighted by atomic mass is 15.1. The lowest BCUT2D eigenvalue weighted by Crippen LogP contribution is -2.02. The fourth-order valence-corrected chi connectivity index (χ4v) is 1.80. The summed E-state index contributed by atoms with van der Waals surface area (Å²) in [6.45, 7) is 6.82. The molecule has 2 aromatic heterocycles. The lowest BCUT2D eigenvalue weighted by atomic mass is 10.2. The van der Waals surface area contributed by atoms with Crippen LogP contribution in [-0.2, 0) is 6.54 Å². The average molecular weight is 216 g/mol. The quantitative estimate of drug-likeness (QED) is 0.837. The highest BCUT2D eigenvalue weighted by Gasteiger charge is 2.12. The van der Waals surface area contributed by atoms with Crippen LogP contribution in [0.15, 0.2) is 18.3 Å². The highest BCUT2D eigenvalue weighted by Crippen LogP contribution is 2.25. The zero-order chi connectivity index (χ0) is 11.7. The molecule has 2 N–H and O–H groups in total. The molecule has 0 aromatic carbocycles. The molecule has 0 spiro atoms. The summed E-state index contributed by atoms with van der Waals surface area (Å²) >= 11 is 0. The maximum atomic E-state index is 6.06. The molecule has 0 saturated heterocycles. The third-order valence-corrected chi connectivity index (χ3v) is 2.70. The van der Waals surface area contributed by atoms with Gasteiger partial charge in [-0.05, 0) is 32.9 Å². The third-order valence-electron chi connectivity index (χ3n) is 2.70. The number of pyridine rings is 1. The first-order valence-corrected chi connectivity index (χ1v) is 5.39. The van der Waals surface area contributed by atoms with Crippen molar-refractivity contribution in [2.75, 3.05) is 5.73 Å². The zero-order valence-electron chi connectivity index (χ0n) is 9.86. The molecule has 4 nitrogen and oxygen atoms in total. The van der Waals surface area contributed by atoms with Gasteiger partial charge >= 0.3 is 0 Å². The van der Waals surface area contributed by atoms with E-state index in [4.69, 9.17) is 5.73 Å². The van der Waals surface area contributed by atoms with Crippen LogP contribution in [0.25, 0.3) is 11.3 Å². The number of imidazole rings is 1. The van der Waals surface area contributed by atoms with Crippen molar-refractivity contribution in [3.8, 4) is 11.3 Å². The van der Waals surface area contributed by atoms with Gasteiger partial charge in [-0.25, -0.2) is 4.98 Å². The lowest BCUT2D eigenvalue weighted by molar-refractivity contribution is 0.739. The van der Waals surface area contributed by atoms with E-state index in [9.17, 15) is 0 Å². The van der Waals surface area contributed by atoms with E-state index in [-0.39, 0.29) is 0 Å². The SMILES string of the molecule is CCn1c(C)nc(-c2ccc(C)nc2)c1N. The van der Waals surface area contributed by atoms with Crippen molar-refractivity contribution in [3.05, 3.63) is 29.8 Å². The summed E-state index contributed by atoms with van der Waals surface area (Å²) in [7, 11) is 0. The van der Waals surface area contributed by atoms with Gasteiger partial charge in [-0.2, -0.15) is 0 Å². The molecule has 0 atom stereocenters. The van der Waals surface area contributed by atoms with Gasteiger partial charge in [-0.15, -0.1) is 0 Å². The lowest BCUT2D eigenvalue weighted by Gasteiger charge is -2.03. The fourth-order valence-electron chi connectivity index (χ4n) is 1.80. The van der Waals surface area contributed by atoms with Crippen molar-refractivity contribution < 1.29 is 0 Å². The number of aryl methyl sites for hydroxylation is 2. The van der Waals surface area contributed by atoms with E-state index in [0.29, 0.717) is 5.82 Å². The van der Waals surface area contributed by atoms with Crippen LogP contribution in [0.1, 0.15) is 18.4 Å². The van der Waals surface area contributed by atoms with Gasteiger partial charge in [0.1, 0.15) is 17.3 Å². The van der Waals surface area contributed by atoms with Crippen LogP contribution in [0.4, 0.5) is 5.82 Å². The Morgan fingerprint density at radius 3 is 2.56 bits per heavy atom. The van der Waals surface area contributed by atoms with Crippen LogP contribution in [0.3, 0.4) is 0 Å². The predicted molar refractivity (Wildman–Crippen MR) is 65.0 cm³/mol. The molecule has 4 heteroatoms. The van der Waals surface area contributed by atoms with E-state index in [1.807, 2.05) is 36.7 Å². The smallest absolute Gasteiger partial charge is 0.131 e. The van der Waals surface area contributed by atoms with Gasteiger partial charge in [-0.1, -0.05) is 0 Å². The van der Waals surface area contributed by atoms with Crippen LogP contribution >= 0.6 is 0 Å². The Morgan fingerprint density at radius 1 is 1.31 bits per heavy atom. The minimum atomic E-state index is 0.714. The monoisotopic (exact) mass is 216 g/mol. The molecule has 0 bridgehead atoms. The number of nitrogens with two attached hydrogens (primary N) is 1. The molecule has 2 aromatic rings. The molecule has 2 rings (SSSR count). The predicted octanol–water partition coefficient (Wildman–Crippen LogP) is 2.16. The van der Waals surface area contributed by atoms with Gasteiger partial charge in [0.05, 0.1) is 0 Å². The number of rotatable bonds is 2. The Balaban J connectivity index is 2.52. The molecule has 0 aliphatic heterocycles. The average Bonchev–Trinajstić information content (AvgIpc) is 2.55. The van der Waals surface area contributed by atoms with Gasteiger partial charge < -0.3 is 10.3 Å². The van der Waals surface area contributed by atoms with Gasteiger partial charge in [0, 0.05) is 24.0 Å². The Kier molecular flexibility index (Phi) is 2.64. The van der Waals surface area contributed by atoms with Gasteiger partial charge in [0.2, 0.25) is 0 Å². The normalized spacial score (nSPS) is 10.7. The van der Waals surface area contributed by atoms with Gasteiger partial charge in [0.25, 0.3) is 0 Å². The van der Waals surface area contributed by atoms with Crippen molar-refractivity contribution in [2.24, 2.45) is 0 Å². The van der Waals surface area contributed by atoms with Gasteiger partial charge in [0.15, 0.2) is 0 Å². The molecule has 84 valence electrons. The van der Waals surface area contributed by atoms with Crippen molar-refractivity contribution >= 4 is 5.82 Å². The van der Waals surface area contributed by atoms with E-state index < -0.39 is 0 Å². The highest BCUT2D eigenvalue weighted by molar-refractivity contribution is 5.70. The van der Waals surface area contributed by atoms with Crippen molar-refractivity contribution in [3.63, 3.8) is 0 Å². The molecular weight excluding hydrogens is 200 g/mol. The minimum Gasteiger partial charge on any atom is -0.383 e. The second-order valence-electron chi connectivity index (χ2n) is 3.83. The van der Waals surface area contributed by atoms with E-state index in [2.05, 4.69) is 16.9 Å². The summed E-state index contributed by atoms with van der Waals surface area (Å²) in [5.41, 5.74) is 8.85. The van der Waals surface area contributed by atoms with Crippen LogP contribution in [0.5, 0.6) is 0 Å². The van der Waals surface area contributed by atoms with Crippen molar-refractivity contribution in [2.45, 2.75) is 27.3 Å². The number of aromatic nitrogens is 3. The number of hydrogen-bond acceptors (Lipinski definition) is 3. The molecule has 16 heavy (non-hydrogen) atoms. The number of nitrogens with zero attached hydrogens (tertiary/aromatic N) is 3. The van der Waals surface area contributed by atoms with E-state index in [1.54, 1.807) is 0 Å². The molecule has 2 heterocycles. The first-order valence-electron chi connectivity index (χ1n) is 5.39. The molecule has 0 aliphatic carbocycles. The van der Waals surface area contributed by atoms with Crippen LogP contribution in [0, 0.1) is 13.8 Å². The standard InChI is InChI=1S/C12H16N4/c1-4-16-9(3)15-11(12(16)13)10-6-5-8(2)14-7-10/h5-7H,4,13H2,1-3H3. The second kappa shape index (κ2) is 3.96. The van der Waals surface area contributed by atoms with Crippen molar-refractivity contribution in [1.29, 1.82) is 0 Å². The Morgan fingerprint density at radius 2 is 2.06 bits per heavy atom. The number of hydrogen-bond donors (Lipinski definition) is 1. The fraction of sp³-hybridized carbons (Fsp3) is 0.333. The maximum absolute atomic E-state index is 6.06. The number of nitrogen functional groups attached to an aromatic ring is 1. The first-order chi connectivity index (χ1) is 7.63. The Hall–Kier alpha value is -1.84. The molecule has 0 unspecified atom stereocenters. The van der Waals surface area contributed by atoms with Crippen LogP contribution in [-0.4, -0.2) is 14.5 Å². The summed E-state index contributed by atoms with van der Waals surface area (Å²) in [4.78, 5) is 8.74. The molecule has 0 aliphatic rings. The summed E-state index contributed by atoms with van der Waals surface area (Å²) in [5, 5.41) is 0. The first kappa shape index (κ1) is 10.7. The van der Waals surface area contributed by atoms with E-state index in [0.717, 1.165) is 29.3 Å². The number of anilines is 1. The largest absolute Gasteiger partial charge is 0.383 e.